The molecule has 1 aromatic carbocycles. The number of nitrogen functional groups attached to an aromatic ring is 1. The maximum Gasteiger partial charge on any atom is 0.131 e. The standard InChI is InChI=1S/C13H15N3/c1-9-4-2-3-5-11(9)12-13(14)16(8-15-12)10-6-7-10/h2-5,8,10H,6-7,14H2,1H3. The molecule has 3 rings (SSSR count). The van der Waals surface area contributed by atoms with Crippen molar-refractivity contribution in [2.45, 2.75) is 25.8 Å². The lowest BCUT2D eigenvalue weighted by atomic mass is 10.1. The summed E-state index contributed by atoms with van der Waals surface area (Å²) < 4.78 is 2.10. The minimum absolute atomic E-state index is 0.588. The Bertz CT molecular complexity index is 524. The number of hydrogen-bond acceptors (Lipinski definition) is 2. The summed E-state index contributed by atoms with van der Waals surface area (Å²) in [7, 11) is 0. The number of nitrogens with two attached hydrogens (primary N) is 1. The minimum Gasteiger partial charge on any atom is -0.383 e. The van der Waals surface area contributed by atoms with E-state index in [4.69, 9.17) is 5.73 Å². The molecule has 0 atom stereocenters. The van der Waals surface area contributed by atoms with Crippen LogP contribution < -0.4 is 5.73 Å². The van der Waals surface area contributed by atoms with Gasteiger partial charge in [0.2, 0.25) is 0 Å². The maximum absolute atomic E-state index is 6.15. The maximum atomic E-state index is 6.15. The molecule has 2 N–H and O–H groups in total. The van der Waals surface area contributed by atoms with E-state index in [1.54, 1.807) is 0 Å². The van der Waals surface area contributed by atoms with Gasteiger partial charge < -0.3 is 10.3 Å². The molecule has 0 aliphatic heterocycles. The van der Waals surface area contributed by atoms with Crippen LogP contribution >= 0.6 is 0 Å². The first-order valence-corrected chi connectivity index (χ1v) is 5.65. The highest BCUT2D eigenvalue weighted by Crippen LogP contribution is 2.39. The highest BCUT2D eigenvalue weighted by atomic mass is 15.2. The van der Waals surface area contributed by atoms with Gasteiger partial charge in [0.25, 0.3) is 0 Å². The van der Waals surface area contributed by atoms with E-state index in [0.29, 0.717) is 6.04 Å². The largest absolute Gasteiger partial charge is 0.383 e. The van der Waals surface area contributed by atoms with E-state index in [2.05, 4.69) is 28.6 Å². The zero-order valence-electron chi connectivity index (χ0n) is 9.35. The summed E-state index contributed by atoms with van der Waals surface area (Å²) in [5, 5.41) is 0. The van der Waals surface area contributed by atoms with Crippen LogP contribution in [0.15, 0.2) is 30.6 Å². The summed E-state index contributed by atoms with van der Waals surface area (Å²) in [6.45, 7) is 2.09. The lowest BCUT2D eigenvalue weighted by molar-refractivity contribution is 0.751. The highest BCUT2D eigenvalue weighted by molar-refractivity contribution is 5.73. The van der Waals surface area contributed by atoms with Gasteiger partial charge in [-0.3, -0.25) is 0 Å². The first-order valence-electron chi connectivity index (χ1n) is 5.65. The molecule has 3 nitrogen and oxygen atoms in total. The van der Waals surface area contributed by atoms with Crippen molar-refractivity contribution in [1.29, 1.82) is 0 Å². The molecule has 0 saturated heterocycles. The molecule has 2 aromatic rings. The van der Waals surface area contributed by atoms with E-state index in [9.17, 15) is 0 Å². The van der Waals surface area contributed by atoms with Crippen molar-refractivity contribution < 1.29 is 0 Å². The molecule has 0 radical (unpaired) electrons. The van der Waals surface area contributed by atoms with Crippen LogP contribution in [0.2, 0.25) is 0 Å². The van der Waals surface area contributed by atoms with Gasteiger partial charge in [-0.2, -0.15) is 0 Å². The molecule has 3 heteroatoms. The van der Waals surface area contributed by atoms with Crippen molar-refractivity contribution in [3.63, 3.8) is 0 Å². The smallest absolute Gasteiger partial charge is 0.131 e. The molecule has 0 unspecified atom stereocenters. The number of nitrogens with zero attached hydrogens (tertiary/aromatic N) is 2. The number of hydrogen-bond donors (Lipinski definition) is 1. The van der Waals surface area contributed by atoms with E-state index in [1.807, 2.05) is 18.5 Å². The van der Waals surface area contributed by atoms with Crippen LogP contribution in [0.3, 0.4) is 0 Å². The van der Waals surface area contributed by atoms with Gasteiger partial charge in [-0.1, -0.05) is 24.3 Å². The van der Waals surface area contributed by atoms with Crippen LogP contribution in [-0.4, -0.2) is 9.55 Å². The van der Waals surface area contributed by atoms with Crippen LogP contribution in [0.5, 0.6) is 0 Å². The number of aryl methyl sites for hydroxylation is 1. The van der Waals surface area contributed by atoms with Crippen LogP contribution in [-0.2, 0) is 0 Å². The summed E-state index contributed by atoms with van der Waals surface area (Å²) >= 11 is 0. The summed E-state index contributed by atoms with van der Waals surface area (Å²) in [5.74, 6) is 0.803. The van der Waals surface area contributed by atoms with E-state index in [0.717, 1.165) is 17.1 Å². The third-order valence-corrected chi connectivity index (χ3v) is 3.17. The van der Waals surface area contributed by atoms with Crippen molar-refractivity contribution in [3.8, 4) is 11.3 Å². The molecule has 1 heterocycles. The van der Waals surface area contributed by atoms with Gasteiger partial charge in [0.05, 0.1) is 6.33 Å². The zero-order chi connectivity index (χ0) is 11.1. The Morgan fingerprint density at radius 2 is 2.06 bits per heavy atom. The lowest BCUT2D eigenvalue weighted by Crippen LogP contribution is -1.99. The van der Waals surface area contributed by atoms with Gasteiger partial charge in [-0.25, -0.2) is 4.98 Å². The molecule has 1 fully saturated rings. The predicted molar refractivity (Wildman–Crippen MR) is 65.1 cm³/mol. The molecule has 1 aromatic heterocycles. The van der Waals surface area contributed by atoms with Crippen LogP contribution in [0.1, 0.15) is 24.4 Å². The van der Waals surface area contributed by atoms with Crippen molar-refractivity contribution in [3.05, 3.63) is 36.2 Å². The van der Waals surface area contributed by atoms with Crippen molar-refractivity contribution >= 4 is 5.82 Å². The Morgan fingerprint density at radius 3 is 2.75 bits per heavy atom. The number of anilines is 1. The molecule has 1 aliphatic carbocycles. The molecular formula is C13H15N3. The second-order valence-corrected chi connectivity index (χ2v) is 4.43. The molecule has 0 amide bonds. The van der Waals surface area contributed by atoms with Crippen molar-refractivity contribution in [1.82, 2.24) is 9.55 Å². The monoisotopic (exact) mass is 213 g/mol. The fourth-order valence-corrected chi connectivity index (χ4v) is 2.06. The summed E-state index contributed by atoms with van der Waals surface area (Å²) in [6, 6.07) is 8.81. The van der Waals surface area contributed by atoms with E-state index in [1.165, 1.54) is 18.4 Å². The van der Waals surface area contributed by atoms with Crippen LogP contribution in [0.25, 0.3) is 11.3 Å². The van der Waals surface area contributed by atoms with Crippen LogP contribution in [0.4, 0.5) is 5.82 Å². The molecule has 0 bridgehead atoms. The van der Waals surface area contributed by atoms with Gasteiger partial charge in [0, 0.05) is 11.6 Å². The fourth-order valence-electron chi connectivity index (χ4n) is 2.06. The normalized spacial score (nSPS) is 15.3. The van der Waals surface area contributed by atoms with Gasteiger partial charge in [-0.05, 0) is 25.3 Å². The van der Waals surface area contributed by atoms with E-state index in [-0.39, 0.29) is 0 Å². The molecule has 82 valence electrons. The first kappa shape index (κ1) is 9.46. The number of rotatable bonds is 2. The van der Waals surface area contributed by atoms with Crippen LogP contribution in [0, 0.1) is 6.92 Å². The Morgan fingerprint density at radius 1 is 1.31 bits per heavy atom. The molecular weight excluding hydrogens is 198 g/mol. The van der Waals surface area contributed by atoms with Crippen molar-refractivity contribution in [2.75, 3.05) is 5.73 Å². The van der Waals surface area contributed by atoms with Crippen molar-refractivity contribution in [2.24, 2.45) is 0 Å². The fraction of sp³-hybridized carbons (Fsp3) is 0.308. The average Bonchev–Trinajstić information content (AvgIpc) is 3.05. The summed E-state index contributed by atoms with van der Waals surface area (Å²) in [6.07, 6.45) is 4.33. The second kappa shape index (κ2) is 3.37. The highest BCUT2D eigenvalue weighted by Gasteiger charge is 2.26. The summed E-state index contributed by atoms with van der Waals surface area (Å²) in [4.78, 5) is 4.45. The molecule has 1 saturated carbocycles. The lowest BCUT2D eigenvalue weighted by Gasteiger charge is -2.05. The van der Waals surface area contributed by atoms with Gasteiger partial charge in [-0.15, -0.1) is 0 Å². The second-order valence-electron chi connectivity index (χ2n) is 4.43. The predicted octanol–water partition coefficient (Wildman–Crippen LogP) is 2.78. The Hall–Kier alpha value is -1.77. The minimum atomic E-state index is 0.588. The SMILES string of the molecule is Cc1ccccc1-c1ncn(C2CC2)c1N. The third-order valence-electron chi connectivity index (χ3n) is 3.17. The average molecular weight is 213 g/mol. The van der Waals surface area contributed by atoms with E-state index >= 15 is 0 Å². The topological polar surface area (TPSA) is 43.8 Å². The number of imidazole rings is 1. The molecule has 0 spiro atoms. The third kappa shape index (κ3) is 1.40. The quantitative estimate of drug-likeness (QED) is 0.833. The number of benzene rings is 1. The van der Waals surface area contributed by atoms with E-state index < -0.39 is 0 Å². The number of aromatic nitrogens is 2. The Labute approximate surface area is 94.9 Å². The van der Waals surface area contributed by atoms with Gasteiger partial charge >= 0.3 is 0 Å². The summed E-state index contributed by atoms with van der Waals surface area (Å²) in [5.41, 5.74) is 9.42. The Balaban J connectivity index is 2.10. The molecule has 1 aliphatic rings. The zero-order valence-corrected chi connectivity index (χ0v) is 9.35. The molecule has 16 heavy (non-hydrogen) atoms. The van der Waals surface area contributed by atoms with Gasteiger partial charge in [0.1, 0.15) is 11.5 Å². The first-order chi connectivity index (χ1) is 7.77. The Kier molecular flexibility index (Phi) is 1.99. The van der Waals surface area contributed by atoms with Gasteiger partial charge in [0.15, 0.2) is 0 Å².